The highest BCUT2D eigenvalue weighted by Crippen LogP contribution is 2.28. The van der Waals surface area contributed by atoms with Crippen molar-refractivity contribution in [3.05, 3.63) is 63.6 Å². The van der Waals surface area contributed by atoms with Crippen molar-refractivity contribution in [3.8, 4) is 0 Å². The SMILES string of the molecule is C/C(=N\NC(=O)CSc1cc(C)c(Br)cc1C)c1ccccc1. The number of hydrogen-bond donors (Lipinski definition) is 1. The summed E-state index contributed by atoms with van der Waals surface area (Å²) in [6, 6.07) is 14.0. The Morgan fingerprint density at radius 1 is 1.17 bits per heavy atom. The van der Waals surface area contributed by atoms with Crippen molar-refractivity contribution in [2.45, 2.75) is 25.7 Å². The standard InChI is InChI=1S/C18H19BrN2OS/c1-12-10-17(13(2)9-16(12)19)23-11-18(22)21-20-14(3)15-7-5-4-6-8-15/h4-10H,11H2,1-3H3,(H,21,22)/b20-14+. The highest BCUT2D eigenvalue weighted by atomic mass is 79.9. The molecule has 0 saturated heterocycles. The number of nitrogens with zero attached hydrogens (tertiary/aromatic N) is 1. The van der Waals surface area contributed by atoms with Crippen LogP contribution in [-0.4, -0.2) is 17.4 Å². The molecule has 0 saturated carbocycles. The van der Waals surface area contributed by atoms with Gasteiger partial charge in [-0.15, -0.1) is 11.8 Å². The van der Waals surface area contributed by atoms with Gasteiger partial charge in [-0.05, 0) is 49.6 Å². The van der Waals surface area contributed by atoms with Gasteiger partial charge < -0.3 is 0 Å². The van der Waals surface area contributed by atoms with E-state index in [1.165, 1.54) is 11.8 Å². The molecule has 0 fully saturated rings. The largest absolute Gasteiger partial charge is 0.272 e. The van der Waals surface area contributed by atoms with E-state index in [0.717, 1.165) is 31.8 Å². The van der Waals surface area contributed by atoms with Gasteiger partial charge in [-0.3, -0.25) is 4.79 Å². The minimum atomic E-state index is -0.106. The maximum atomic E-state index is 12.0. The molecular weight excluding hydrogens is 372 g/mol. The van der Waals surface area contributed by atoms with E-state index in [-0.39, 0.29) is 5.91 Å². The van der Waals surface area contributed by atoms with Crippen LogP contribution in [0.1, 0.15) is 23.6 Å². The van der Waals surface area contributed by atoms with Crippen LogP contribution in [0.4, 0.5) is 0 Å². The third-order valence-electron chi connectivity index (χ3n) is 3.35. The van der Waals surface area contributed by atoms with Gasteiger partial charge in [0.2, 0.25) is 5.91 Å². The first-order valence-corrected chi connectivity index (χ1v) is 9.03. The number of rotatable bonds is 5. The van der Waals surface area contributed by atoms with Gasteiger partial charge in [-0.1, -0.05) is 46.3 Å². The lowest BCUT2D eigenvalue weighted by Crippen LogP contribution is -2.21. The van der Waals surface area contributed by atoms with Crippen LogP contribution in [-0.2, 0) is 4.79 Å². The molecule has 0 aromatic heterocycles. The van der Waals surface area contributed by atoms with E-state index in [1.54, 1.807) is 0 Å². The van der Waals surface area contributed by atoms with Crippen molar-refractivity contribution >= 4 is 39.3 Å². The van der Waals surface area contributed by atoms with Crippen molar-refractivity contribution < 1.29 is 4.79 Å². The molecule has 0 bridgehead atoms. The number of hydrogen-bond acceptors (Lipinski definition) is 3. The summed E-state index contributed by atoms with van der Waals surface area (Å²) in [5.74, 6) is 0.235. The summed E-state index contributed by atoms with van der Waals surface area (Å²) < 4.78 is 1.09. The molecule has 1 N–H and O–H groups in total. The molecule has 0 aliphatic heterocycles. The number of hydrazone groups is 1. The maximum absolute atomic E-state index is 12.0. The first-order chi connectivity index (χ1) is 11.0. The van der Waals surface area contributed by atoms with Crippen molar-refractivity contribution in [3.63, 3.8) is 0 Å². The fraction of sp³-hybridized carbons (Fsp3) is 0.222. The molecule has 120 valence electrons. The molecule has 5 heteroatoms. The third-order valence-corrected chi connectivity index (χ3v) is 5.37. The summed E-state index contributed by atoms with van der Waals surface area (Å²) in [5, 5.41) is 4.16. The van der Waals surface area contributed by atoms with Crippen LogP contribution in [0.15, 0.2) is 56.9 Å². The lowest BCUT2D eigenvalue weighted by molar-refractivity contribution is -0.118. The van der Waals surface area contributed by atoms with Gasteiger partial charge in [0, 0.05) is 9.37 Å². The van der Waals surface area contributed by atoms with Crippen LogP contribution in [0.2, 0.25) is 0 Å². The summed E-state index contributed by atoms with van der Waals surface area (Å²) >= 11 is 5.04. The van der Waals surface area contributed by atoms with E-state index >= 15 is 0 Å². The van der Waals surface area contributed by atoms with Crippen molar-refractivity contribution in [1.82, 2.24) is 5.43 Å². The van der Waals surface area contributed by atoms with Gasteiger partial charge in [0.15, 0.2) is 0 Å². The van der Waals surface area contributed by atoms with Gasteiger partial charge in [0.05, 0.1) is 11.5 Å². The molecule has 0 aliphatic carbocycles. The van der Waals surface area contributed by atoms with Crippen molar-refractivity contribution in [2.24, 2.45) is 5.10 Å². The Morgan fingerprint density at radius 2 is 1.87 bits per heavy atom. The predicted molar refractivity (Wildman–Crippen MR) is 101 cm³/mol. The normalized spacial score (nSPS) is 11.4. The summed E-state index contributed by atoms with van der Waals surface area (Å²) in [7, 11) is 0. The van der Waals surface area contributed by atoms with Crippen LogP contribution < -0.4 is 5.43 Å². The average molecular weight is 391 g/mol. The molecule has 0 aliphatic rings. The predicted octanol–water partition coefficient (Wildman–Crippen LogP) is 4.70. The quantitative estimate of drug-likeness (QED) is 0.456. The zero-order chi connectivity index (χ0) is 16.8. The highest BCUT2D eigenvalue weighted by Gasteiger charge is 2.07. The molecule has 2 rings (SSSR count). The average Bonchev–Trinajstić information content (AvgIpc) is 2.55. The van der Waals surface area contributed by atoms with E-state index in [2.05, 4.69) is 38.6 Å². The van der Waals surface area contributed by atoms with Gasteiger partial charge in [0.1, 0.15) is 0 Å². The first kappa shape index (κ1) is 17.8. The Kier molecular flexibility index (Phi) is 6.42. The molecule has 0 radical (unpaired) electrons. The molecule has 0 unspecified atom stereocenters. The van der Waals surface area contributed by atoms with Crippen molar-refractivity contribution in [2.75, 3.05) is 5.75 Å². The minimum Gasteiger partial charge on any atom is -0.272 e. The van der Waals surface area contributed by atoms with Crippen LogP contribution in [0.25, 0.3) is 0 Å². The monoisotopic (exact) mass is 390 g/mol. The third kappa shape index (κ3) is 5.22. The number of halogens is 1. The first-order valence-electron chi connectivity index (χ1n) is 7.25. The molecule has 0 heterocycles. The van der Waals surface area contributed by atoms with Crippen LogP contribution in [0, 0.1) is 13.8 Å². The minimum absolute atomic E-state index is 0.106. The summed E-state index contributed by atoms with van der Waals surface area (Å²) in [6.45, 7) is 5.97. The van der Waals surface area contributed by atoms with E-state index in [0.29, 0.717) is 5.75 Å². The number of carbonyl (C=O) groups is 1. The lowest BCUT2D eigenvalue weighted by atomic mass is 10.1. The summed E-state index contributed by atoms with van der Waals surface area (Å²) in [4.78, 5) is 13.1. The Bertz CT molecular complexity index is 729. The Hall–Kier alpha value is -1.59. The fourth-order valence-corrected chi connectivity index (χ4v) is 3.33. The summed E-state index contributed by atoms with van der Waals surface area (Å²) in [5.41, 5.74) is 6.73. The number of carbonyl (C=O) groups excluding carboxylic acids is 1. The number of aryl methyl sites for hydroxylation is 2. The topological polar surface area (TPSA) is 41.5 Å². The van der Waals surface area contributed by atoms with Gasteiger partial charge in [0.25, 0.3) is 0 Å². The Labute approximate surface area is 149 Å². The smallest absolute Gasteiger partial charge is 0.250 e. The second kappa shape index (κ2) is 8.31. The molecule has 1 amide bonds. The van der Waals surface area contributed by atoms with E-state index < -0.39 is 0 Å². The number of amides is 1. The molecule has 2 aromatic rings. The van der Waals surface area contributed by atoms with Gasteiger partial charge >= 0.3 is 0 Å². The van der Waals surface area contributed by atoms with Crippen LogP contribution in [0.3, 0.4) is 0 Å². The Balaban J connectivity index is 1.92. The molecule has 0 spiro atoms. The van der Waals surface area contributed by atoms with Gasteiger partial charge in [-0.25, -0.2) is 5.43 Å². The van der Waals surface area contributed by atoms with Crippen LogP contribution in [0.5, 0.6) is 0 Å². The fourth-order valence-electron chi connectivity index (χ4n) is 1.98. The molecule has 0 atom stereocenters. The lowest BCUT2D eigenvalue weighted by Gasteiger charge is -2.08. The molecular formula is C18H19BrN2OS. The van der Waals surface area contributed by atoms with Crippen molar-refractivity contribution in [1.29, 1.82) is 0 Å². The zero-order valence-corrected chi connectivity index (χ0v) is 15.8. The number of benzene rings is 2. The Morgan fingerprint density at radius 3 is 2.57 bits per heavy atom. The second-order valence-electron chi connectivity index (χ2n) is 5.25. The molecule has 3 nitrogen and oxygen atoms in total. The molecule has 2 aromatic carbocycles. The number of nitrogens with one attached hydrogen (secondary N) is 1. The number of thioether (sulfide) groups is 1. The summed E-state index contributed by atoms with van der Waals surface area (Å²) in [6.07, 6.45) is 0. The maximum Gasteiger partial charge on any atom is 0.250 e. The highest BCUT2D eigenvalue weighted by molar-refractivity contribution is 9.10. The van der Waals surface area contributed by atoms with E-state index in [9.17, 15) is 4.79 Å². The second-order valence-corrected chi connectivity index (χ2v) is 7.13. The van der Waals surface area contributed by atoms with Crippen LogP contribution >= 0.6 is 27.7 Å². The molecule has 23 heavy (non-hydrogen) atoms. The van der Waals surface area contributed by atoms with E-state index in [1.807, 2.05) is 51.1 Å². The van der Waals surface area contributed by atoms with Gasteiger partial charge in [-0.2, -0.15) is 5.10 Å². The van der Waals surface area contributed by atoms with E-state index in [4.69, 9.17) is 0 Å². The zero-order valence-electron chi connectivity index (χ0n) is 13.4.